The van der Waals surface area contributed by atoms with Crippen LogP contribution in [0.25, 0.3) is 0 Å². The zero-order valence-corrected chi connectivity index (χ0v) is 11.0. The molecule has 1 saturated heterocycles. The molecule has 1 heterocycles. The summed E-state index contributed by atoms with van der Waals surface area (Å²) in [5, 5.41) is 11.3. The summed E-state index contributed by atoms with van der Waals surface area (Å²) in [6.45, 7) is 3.39. The van der Waals surface area contributed by atoms with Crippen molar-refractivity contribution in [1.82, 2.24) is 15.1 Å². The van der Waals surface area contributed by atoms with Gasteiger partial charge in [-0.3, -0.25) is 19.3 Å². The SMILES string of the molecule is CC(C(=O)O)N1CCN(C(=O)CNC(=O)CN)CC1. The predicted octanol–water partition coefficient (Wildman–Crippen LogP) is -2.32. The van der Waals surface area contributed by atoms with Crippen LogP contribution < -0.4 is 11.1 Å². The number of carbonyl (C=O) groups excluding carboxylic acids is 2. The number of hydrogen-bond donors (Lipinski definition) is 3. The number of rotatable bonds is 5. The monoisotopic (exact) mass is 272 g/mol. The Kier molecular flexibility index (Phi) is 5.71. The van der Waals surface area contributed by atoms with E-state index in [4.69, 9.17) is 10.8 Å². The first-order chi connectivity index (χ1) is 8.95. The summed E-state index contributed by atoms with van der Waals surface area (Å²) < 4.78 is 0. The van der Waals surface area contributed by atoms with Crippen molar-refractivity contribution in [2.24, 2.45) is 5.73 Å². The lowest BCUT2D eigenvalue weighted by Gasteiger charge is -2.36. The fourth-order valence-electron chi connectivity index (χ4n) is 1.87. The molecule has 0 radical (unpaired) electrons. The molecule has 0 aromatic heterocycles. The summed E-state index contributed by atoms with van der Waals surface area (Å²) >= 11 is 0. The van der Waals surface area contributed by atoms with E-state index in [1.807, 2.05) is 4.90 Å². The van der Waals surface area contributed by atoms with E-state index in [9.17, 15) is 14.4 Å². The summed E-state index contributed by atoms with van der Waals surface area (Å²) in [4.78, 5) is 37.0. The van der Waals surface area contributed by atoms with Gasteiger partial charge in [0.2, 0.25) is 11.8 Å². The molecule has 108 valence electrons. The van der Waals surface area contributed by atoms with Gasteiger partial charge >= 0.3 is 5.97 Å². The number of amides is 2. The lowest BCUT2D eigenvalue weighted by atomic mass is 10.2. The van der Waals surface area contributed by atoms with Crippen LogP contribution in [0.4, 0.5) is 0 Å². The zero-order chi connectivity index (χ0) is 14.4. The van der Waals surface area contributed by atoms with Crippen LogP contribution in [-0.4, -0.2) is 78.0 Å². The number of nitrogens with zero attached hydrogens (tertiary/aromatic N) is 2. The Morgan fingerprint density at radius 1 is 1.26 bits per heavy atom. The molecule has 1 aliphatic heterocycles. The van der Waals surface area contributed by atoms with Gasteiger partial charge in [-0.25, -0.2) is 0 Å². The van der Waals surface area contributed by atoms with Gasteiger partial charge in [0.25, 0.3) is 0 Å². The van der Waals surface area contributed by atoms with Crippen molar-refractivity contribution in [3.8, 4) is 0 Å². The topological polar surface area (TPSA) is 116 Å². The Hall–Kier alpha value is -1.67. The molecule has 0 spiro atoms. The molecule has 4 N–H and O–H groups in total. The average molecular weight is 272 g/mol. The maximum atomic E-state index is 11.8. The highest BCUT2D eigenvalue weighted by atomic mass is 16.4. The minimum absolute atomic E-state index is 0.0650. The molecule has 19 heavy (non-hydrogen) atoms. The Bertz CT molecular complexity index is 353. The van der Waals surface area contributed by atoms with Crippen LogP contribution in [0.15, 0.2) is 0 Å². The molecule has 1 aliphatic rings. The standard InChI is InChI=1S/C11H20N4O4/c1-8(11(18)19)14-2-4-15(5-3-14)10(17)7-13-9(16)6-12/h8H,2-7,12H2,1H3,(H,13,16)(H,18,19). The van der Waals surface area contributed by atoms with E-state index in [0.29, 0.717) is 26.2 Å². The summed E-state index contributed by atoms with van der Waals surface area (Å²) in [5.74, 6) is -1.41. The van der Waals surface area contributed by atoms with Crippen molar-refractivity contribution in [2.75, 3.05) is 39.3 Å². The largest absolute Gasteiger partial charge is 0.480 e. The van der Waals surface area contributed by atoms with Crippen LogP contribution in [-0.2, 0) is 14.4 Å². The van der Waals surface area contributed by atoms with E-state index < -0.39 is 12.0 Å². The van der Waals surface area contributed by atoms with Crippen LogP contribution in [0.2, 0.25) is 0 Å². The van der Waals surface area contributed by atoms with Crippen LogP contribution in [0.3, 0.4) is 0 Å². The van der Waals surface area contributed by atoms with Crippen LogP contribution in [0.1, 0.15) is 6.92 Å². The molecule has 0 saturated carbocycles. The Morgan fingerprint density at radius 3 is 2.32 bits per heavy atom. The second kappa shape index (κ2) is 7.05. The third-order valence-corrected chi connectivity index (χ3v) is 3.19. The smallest absolute Gasteiger partial charge is 0.320 e. The third-order valence-electron chi connectivity index (χ3n) is 3.19. The minimum Gasteiger partial charge on any atom is -0.480 e. The van der Waals surface area contributed by atoms with E-state index >= 15 is 0 Å². The second-order valence-corrected chi connectivity index (χ2v) is 4.41. The first kappa shape index (κ1) is 15.4. The summed E-state index contributed by atoms with van der Waals surface area (Å²) in [5.41, 5.74) is 5.12. The molecule has 1 fully saturated rings. The quantitative estimate of drug-likeness (QED) is 0.517. The van der Waals surface area contributed by atoms with Crippen molar-refractivity contribution >= 4 is 17.8 Å². The van der Waals surface area contributed by atoms with Gasteiger partial charge in [-0.1, -0.05) is 0 Å². The van der Waals surface area contributed by atoms with Gasteiger partial charge in [0, 0.05) is 26.2 Å². The van der Waals surface area contributed by atoms with Crippen molar-refractivity contribution in [3.05, 3.63) is 0 Å². The fraction of sp³-hybridized carbons (Fsp3) is 0.727. The first-order valence-electron chi connectivity index (χ1n) is 6.17. The molecule has 0 aromatic carbocycles. The number of carboxylic acid groups (broad SMARTS) is 1. The molecule has 0 bridgehead atoms. The fourth-order valence-corrected chi connectivity index (χ4v) is 1.87. The third kappa shape index (κ3) is 4.49. The van der Waals surface area contributed by atoms with E-state index in [0.717, 1.165) is 0 Å². The Morgan fingerprint density at radius 2 is 1.84 bits per heavy atom. The molecule has 0 aromatic rings. The summed E-state index contributed by atoms with van der Waals surface area (Å²) in [6, 6.07) is -0.547. The summed E-state index contributed by atoms with van der Waals surface area (Å²) in [6.07, 6.45) is 0. The van der Waals surface area contributed by atoms with Crippen molar-refractivity contribution in [3.63, 3.8) is 0 Å². The van der Waals surface area contributed by atoms with Crippen molar-refractivity contribution in [1.29, 1.82) is 0 Å². The van der Waals surface area contributed by atoms with Gasteiger partial charge in [0.05, 0.1) is 13.1 Å². The highest BCUT2D eigenvalue weighted by Crippen LogP contribution is 2.06. The van der Waals surface area contributed by atoms with Gasteiger partial charge in [0.15, 0.2) is 0 Å². The van der Waals surface area contributed by atoms with Gasteiger partial charge in [-0.05, 0) is 6.92 Å². The average Bonchev–Trinajstić information content (AvgIpc) is 2.43. The predicted molar refractivity (Wildman–Crippen MR) is 67.3 cm³/mol. The molecule has 1 atom stereocenters. The normalized spacial score (nSPS) is 17.9. The maximum Gasteiger partial charge on any atom is 0.320 e. The van der Waals surface area contributed by atoms with E-state index in [-0.39, 0.29) is 24.9 Å². The number of nitrogens with two attached hydrogens (primary N) is 1. The highest BCUT2D eigenvalue weighted by Gasteiger charge is 2.26. The molecule has 2 amide bonds. The Balaban J connectivity index is 2.35. The number of carbonyl (C=O) groups is 3. The van der Waals surface area contributed by atoms with Crippen LogP contribution in [0, 0.1) is 0 Å². The zero-order valence-electron chi connectivity index (χ0n) is 11.0. The first-order valence-corrected chi connectivity index (χ1v) is 6.17. The van der Waals surface area contributed by atoms with E-state index in [1.54, 1.807) is 11.8 Å². The molecule has 8 heteroatoms. The van der Waals surface area contributed by atoms with E-state index in [2.05, 4.69) is 5.32 Å². The maximum absolute atomic E-state index is 11.8. The van der Waals surface area contributed by atoms with Gasteiger partial charge in [-0.15, -0.1) is 0 Å². The lowest BCUT2D eigenvalue weighted by Crippen LogP contribution is -2.54. The van der Waals surface area contributed by atoms with Crippen LogP contribution >= 0.6 is 0 Å². The number of carboxylic acids is 1. The Labute approximate surface area is 111 Å². The second-order valence-electron chi connectivity index (χ2n) is 4.41. The highest BCUT2D eigenvalue weighted by molar-refractivity contribution is 5.85. The van der Waals surface area contributed by atoms with Crippen molar-refractivity contribution < 1.29 is 19.5 Å². The van der Waals surface area contributed by atoms with Gasteiger partial charge in [0.1, 0.15) is 6.04 Å². The van der Waals surface area contributed by atoms with Gasteiger partial charge < -0.3 is 21.1 Å². The molecule has 0 aliphatic carbocycles. The number of nitrogens with one attached hydrogen (secondary N) is 1. The molecular weight excluding hydrogens is 252 g/mol. The van der Waals surface area contributed by atoms with Crippen molar-refractivity contribution in [2.45, 2.75) is 13.0 Å². The molecular formula is C11H20N4O4. The van der Waals surface area contributed by atoms with E-state index in [1.165, 1.54) is 0 Å². The number of piperazine rings is 1. The minimum atomic E-state index is -0.866. The lowest BCUT2D eigenvalue weighted by molar-refractivity contribution is -0.144. The number of aliphatic carboxylic acids is 1. The summed E-state index contributed by atoms with van der Waals surface area (Å²) in [7, 11) is 0. The molecule has 1 rings (SSSR count). The van der Waals surface area contributed by atoms with Gasteiger partial charge in [-0.2, -0.15) is 0 Å². The number of hydrogen-bond acceptors (Lipinski definition) is 5. The molecule has 8 nitrogen and oxygen atoms in total. The molecule has 1 unspecified atom stereocenters. The van der Waals surface area contributed by atoms with Crippen LogP contribution in [0.5, 0.6) is 0 Å².